The summed E-state index contributed by atoms with van der Waals surface area (Å²) in [6.45, 7) is 11.9. The first-order valence-electron chi connectivity index (χ1n) is 11.9. The summed E-state index contributed by atoms with van der Waals surface area (Å²) in [5.41, 5.74) is 8.83. The molecule has 34 heavy (non-hydrogen) atoms. The summed E-state index contributed by atoms with van der Waals surface area (Å²) in [7, 11) is -2.28. The first-order valence-corrected chi connectivity index (χ1v) is 14.2. The van der Waals surface area contributed by atoms with Gasteiger partial charge in [-0.15, -0.1) is 5.54 Å². The van der Waals surface area contributed by atoms with E-state index in [4.69, 9.17) is 5.73 Å². The van der Waals surface area contributed by atoms with Crippen LogP contribution in [0.5, 0.6) is 0 Å². The Morgan fingerprint density at radius 1 is 1.03 bits per heavy atom. The number of primary amides is 1. The van der Waals surface area contributed by atoms with Crippen LogP contribution in [0.15, 0.2) is 24.3 Å². The van der Waals surface area contributed by atoms with Gasteiger partial charge < -0.3 is 5.73 Å². The third-order valence-electron chi connectivity index (χ3n) is 7.47. The van der Waals surface area contributed by atoms with Crippen LogP contribution in [0.25, 0.3) is 0 Å². The zero-order chi connectivity index (χ0) is 25.9. The van der Waals surface area contributed by atoms with Gasteiger partial charge in [-0.1, -0.05) is 53.7 Å². The van der Waals surface area contributed by atoms with Crippen molar-refractivity contribution in [2.45, 2.75) is 102 Å². The molecule has 0 atom stereocenters. The molecule has 1 fully saturated rings. The quantitative estimate of drug-likeness (QED) is 0.365. The van der Waals surface area contributed by atoms with E-state index in [1.54, 1.807) is 18.2 Å². The highest BCUT2D eigenvalue weighted by Crippen LogP contribution is 2.44. The Balaban J connectivity index is 2.69. The van der Waals surface area contributed by atoms with Crippen LogP contribution >= 0.6 is 0 Å². The van der Waals surface area contributed by atoms with Gasteiger partial charge in [-0.2, -0.15) is 0 Å². The molecule has 0 aliphatic heterocycles. The number of nitrogens with two attached hydrogens (primary N) is 1. The predicted octanol–water partition coefficient (Wildman–Crippen LogP) is 6.14. The van der Waals surface area contributed by atoms with Gasteiger partial charge in [0.05, 0.1) is 0 Å². The van der Waals surface area contributed by atoms with Gasteiger partial charge in [0.25, 0.3) is 0 Å². The number of carbonyl (C=O) groups is 2. The molecule has 0 unspecified atom stereocenters. The number of alkyl halides is 3. The largest absolute Gasteiger partial charge is 0.368 e. The molecule has 0 spiro atoms. The van der Waals surface area contributed by atoms with Crippen LogP contribution < -0.4 is 10.6 Å². The molecule has 1 saturated carbocycles. The minimum absolute atomic E-state index is 0.240. The van der Waals surface area contributed by atoms with Gasteiger partial charge >= 0.3 is 5.91 Å². The summed E-state index contributed by atoms with van der Waals surface area (Å²) in [5.74, 6) is -1.65. The highest BCUT2D eigenvalue weighted by Gasteiger charge is 2.52. The predicted molar refractivity (Wildman–Crippen MR) is 133 cm³/mol. The zero-order valence-corrected chi connectivity index (χ0v) is 22.1. The SMILES string of the molecule is CC(C)[Si](C#CC(=O)N(c1cccc(CF)c1)C1(C(N)=O)CCC(F)(F)CC1)(C(C)C)C(C)C. The van der Waals surface area contributed by atoms with E-state index >= 15 is 0 Å². The maximum atomic E-state index is 14.0. The third-order valence-corrected chi connectivity index (χ3v) is 13.8. The molecule has 0 bridgehead atoms. The van der Waals surface area contributed by atoms with Crippen molar-refractivity contribution >= 4 is 25.6 Å². The van der Waals surface area contributed by atoms with E-state index in [0.717, 1.165) is 4.90 Å². The standard InChI is InChI=1S/C26H37F3N2O2Si/c1-18(2)34(19(3)4,20(5)6)15-10-23(32)31(22-9-7-8-21(16-22)17-27)25(24(30)33)11-13-26(28,29)14-12-25/h7-9,16,18-20H,11-14,17H2,1-6H3,(H2,30,33). The fourth-order valence-corrected chi connectivity index (χ4v) is 10.8. The lowest BCUT2D eigenvalue weighted by atomic mass is 9.77. The normalized spacial score (nSPS) is 17.4. The van der Waals surface area contributed by atoms with Crippen molar-refractivity contribution in [1.29, 1.82) is 0 Å². The molecule has 8 heteroatoms. The summed E-state index contributed by atoms with van der Waals surface area (Å²) in [6.07, 6.45) is -1.72. The topological polar surface area (TPSA) is 63.4 Å². The minimum atomic E-state index is -2.94. The Labute approximate surface area is 202 Å². The van der Waals surface area contributed by atoms with E-state index in [1.807, 2.05) is 0 Å². The first-order chi connectivity index (χ1) is 15.7. The van der Waals surface area contributed by atoms with Crippen molar-refractivity contribution in [3.8, 4) is 11.5 Å². The number of anilines is 1. The van der Waals surface area contributed by atoms with Crippen LogP contribution in [0.2, 0.25) is 16.6 Å². The summed E-state index contributed by atoms with van der Waals surface area (Å²) < 4.78 is 41.5. The highest BCUT2D eigenvalue weighted by atomic mass is 28.3. The lowest BCUT2D eigenvalue weighted by molar-refractivity contribution is -0.131. The number of benzene rings is 1. The Kier molecular flexibility index (Phi) is 8.68. The summed E-state index contributed by atoms with van der Waals surface area (Å²) in [4.78, 5) is 27.6. The summed E-state index contributed by atoms with van der Waals surface area (Å²) in [5, 5.41) is 0. The van der Waals surface area contributed by atoms with Crippen LogP contribution in [-0.2, 0) is 16.3 Å². The van der Waals surface area contributed by atoms with Crippen LogP contribution in [0.3, 0.4) is 0 Å². The maximum Gasteiger partial charge on any atom is 0.303 e. The Bertz CT molecular complexity index is 935. The van der Waals surface area contributed by atoms with Gasteiger partial charge in [0.2, 0.25) is 11.8 Å². The molecule has 2 amide bonds. The molecule has 0 heterocycles. The summed E-state index contributed by atoms with van der Waals surface area (Å²) in [6, 6.07) is 6.14. The molecule has 2 N–H and O–H groups in total. The van der Waals surface area contributed by atoms with Gasteiger partial charge in [-0.05, 0) is 53.1 Å². The van der Waals surface area contributed by atoms with Crippen molar-refractivity contribution < 1.29 is 22.8 Å². The van der Waals surface area contributed by atoms with Crippen molar-refractivity contribution in [2.75, 3.05) is 4.90 Å². The van der Waals surface area contributed by atoms with Gasteiger partial charge in [-0.25, -0.2) is 13.2 Å². The lowest BCUT2D eigenvalue weighted by Crippen LogP contribution is -2.62. The number of amides is 2. The second-order valence-corrected chi connectivity index (χ2v) is 15.9. The van der Waals surface area contributed by atoms with Crippen molar-refractivity contribution in [2.24, 2.45) is 5.73 Å². The van der Waals surface area contributed by atoms with E-state index in [2.05, 4.69) is 53.0 Å². The smallest absolute Gasteiger partial charge is 0.303 e. The zero-order valence-electron chi connectivity index (χ0n) is 21.1. The number of nitrogens with zero attached hydrogens (tertiary/aromatic N) is 1. The number of hydrogen-bond acceptors (Lipinski definition) is 2. The average Bonchev–Trinajstić information content (AvgIpc) is 2.75. The van der Waals surface area contributed by atoms with E-state index in [9.17, 15) is 22.8 Å². The molecule has 0 saturated heterocycles. The highest BCUT2D eigenvalue weighted by molar-refractivity contribution is 6.90. The molecule has 2 rings (SSSR count). The number of rotatable bonds is 7. The van der Waals surface area contributed by atoms with Crippen LogP contribution in [0, 0.1) is 11.5 Å². The Hall–Kier alpha value is -2.27. The van der Waals surface area contributed by atoms with Crippen molar-refractivity contribution in [3.05, 3.63) is 29.8 Å². The fraction of sp³-hybridized carbons (Fsp3) is 0.615. The van der Waals surface area contributed by atoms with Crippen LogP contribution in [0.1, 0.15) is 72.8 Å². The molecule has 4 nitrogen and oxygen atoms in total. The monoisotopic (exact) mass is 494 g/mol. The first kappa shape index (κ1) is 28.0. The van der Waals surface area contributed by atoms with Crippen LogP contribution in [0.4, 0.5) is 18.9 Å². The molecule has 1 aromatic carbocycles. The number of halogens is 3. The van der Waals surface area contributed by atoms with Gasteiger partial charge in [0, 0.05) is 18.5 Å². The van der Waals surface area contributed by atoms with E-state index < -0.39 is 50.9 Å². The molecule has 1 aliphatic rings. The maximum absolute atomic E-state index is 14.0. The molecular formula is C26H37F3N2O2Si. The van der Waals surface area contributed by atoms with Gasteiger partial charge in [0.15, 0.2) is 0 Å². The fourth-order valence-electron chi connectivity index (χ4n) is 5.60. The van der Waals surface area contributed by atoms with Crippen molar-refractivity contribution in [3.63, 3.8) is 0 Å². The molecule has 1 aromatic rings. The second kappa shape index (κ2) is 10.6. The third kappa shape index (κ3) is 5.35. The Morgan fingerprint density at radius 2 is 1.56 bits per heavy atom. The van der Waals surface area contributed by atoms with Crippen molar-refractivity contribution in [1.82, 2.24) is 0 Å². The van der Waals surface area contributed by atoms with E-state index in [-0.39, 0.29) is 35.2 Å². The van der Waals surface area contributed by atoms with E-state index in [1.165, 1.54) is 6.07 Å². The Morgan fingerprint density at radius 3 is 2.00 bits per heavy atom. The van der Waals surface area contributed by atoms with Crippen LogP contribution in [-0.4, -0.2) is 31.3 Å². The van der Waals surface area contributed by atoms with E-state index in [0.29, 0.717) is 5.56 Å². The number of carbonyl (C=O) groups excluding carboxylic acids is 2. The lowest BCUT2D eigenvalue weighted by Gasteiger charge is -2.45. The molecule has 1 aliphatic carbocycles. The second-order valence-electron chi connectivity index (χ2n) is 10.3. The molecule has 0 radical (unpaired) electrons. The van der Waals surface area contributed by atoms with Gasteiger partial charge in [0.1, 0.15) is 20.3 Å². The molecular weight excluding hydrogens is 457 g/mol. The minimum Gasteiger partial charge on any atom is -0.368 e. The number of hydrogen-bond donors (Lipinski definition) is 1. The average molecular weight is 495 g/mol. The summed E-state index contributed by atoms with van der Waals surface area (Å²) >= 11 is 0. The van der Waals surface area contributed by atoms with Gasteiger partial charge in [-0.3, -0.25) is 14.5 Å². The molecule has 0 aromatic heterocycles. The molecule has 188 valence electrons.